The van der Waals surface area contributed by atoms with Crippen LogP contribution in [-0.2, 0) is 0 Å². The zero-order chi connectivity index (χ0) is 22.9. The highest BCUT2D eigenvalue weighted by Gasteiger charge is 2.34. The van der Waals surface area contributed by atoms with Gasteiger partial charge < -0.3 is 14.2 Å². The fourth-order valence-electron chi connectivity index (χ4n) is 3.30. The van der Waals surface area contributed by atoms with E-state index in [2.05, 4.69) is 0 Å². The first kappa shape index (κ1) is 24.5. The first-order valence-electron chi connectivity index (χ1n) is 8.80. The van der Waals surface area contributed by atoms with E-state index in [0.29, 0.717) is 63.8 Å². The van der Waals surface area contributed by atoms with Crippen LogP contribution in [0.2, 0.25) is 30.1 Å². The SMILES string of the molecule is COc1cc(Cl)c(B(c2c(Cl)cc(OC)cc2Cl)c2c(Cl)cc(OC)cc2Cl)c(Cl)c1. The maximum absolute atomic E-state index is 6.65. The van der Waals surface area contributed by atoms with Crippen LogP contribution in [0.5, 0.6) is 17.2 Å². The van der Waals surface area contributed by atoms with E-state index < -0.39 is 6.71 Å². The van der Waals surface area contributed by atoms with Gasteiger partial charge in [0.1, 0.15) is 17.2 Å². The van der Waals surface area contributed by atoms with Crippen molar-refractivity contribution in [2.45, 2.75) is 0 Å². The normalized spacial score (nSPS) is 10.7. The van der Waals surface area contributed by atoms with Gasteiger partial charge in [-0.25, -0.2) is 0 Å². The van der Waals surface area contributed by atoms with Crippen molar-refractivity contribution >= 4 is 92.7 Å². The van der Waals surface area contributed by atoms with E-state index in [-0.39, 0.29) is 0 Å². The van der Waals surface area contributed by atoms with Crippen LogP contribution in [0.15, 0.2) is 36.4 Å². The smallest absolute Gasteiger partial charge is 0.252 e. The molecule has 0 aliphatic carbocycles. The monoisotopic (exact) mass is 536 g/mol. The van der Waals surface area contributed by atoms with Crippen molar-refractivity contribution in [1.82, 2.24) is 0 Å². The van der Waals surface area contributed by atoms with Gasteiger partial charge in [-0.15, -0.1) is 0 Å². The van der Waals surface area contributed by atoms with Crippen LogP contribution in [0.1, 0.15) is 0 Å². The standard InChI is InChI=1S/C21H15BCl6O3/c1-29-10-4-13(23)19(14(24)5-10)22(20-15(25)6-11(30-2)7-16(20)26)21-17(27)8-12(31-3)9-18(21)28/h4-9H,1-3H3. The molecule has 0 saturated carbocycles. The average molecular weight is 539 g/mol. The van der Waals surface area contributed by atoms with Gasteiger partial charge in [0.15, 0.2) is 0 Å². The topological polar surface area (TPSA) is 27.7 Å². The maximum Gasteiger partial charge on any atom is 0.252 e. The second kappa shape index (κ2) is 10.2. The Bertz CT molecular complexity index is 928. The Balaban J connectivity index is 2.41. The molecular weight excluding hydrogens is 524 g/mol. The molecule has 3 nitrogen and oxygen atoms in total. The number of ether oxygens (including phenoxy) is 3. The minimum atomic E-state index is -0.692. The molecule has 31 heavy (non-hydrogen) atoms. The molecule has 0 N–H and O–H groups in total. The van der Waals surface area contributed by atoms with Crippen molar-refractivity contribution in [3.63, 3.8) is 0 Å². The first-order valence-corrected chi connectivity index (χ1v) is 11.1. The fourth-order valence-corrected chi connectivity index (χ4v) is 5.35. The molecule has 0 unspecified atom stereocenters. The third-order valence-corrected chi connectivity index (χ3v) is 6.61. The quantitative estimate of drug-likeness (QED) is 0.352. The number of hydrogen-bond donors (Lipinski definition) is 0. The molecular formula is C21H15BCl6O3. The van der Waals surface area contributed by atoms with Crippen LogP contribution in [0.3, 0.4) is 0 Å². The lowest BCUT2D eigenvalue weighted by Gasteiger charge is -2.23. The summed E-state index contributed by atoms with van der Waals surface area (Å²) in [4.78, 5) is 0. The summed E-state index contributed by atoms with van der Waals surface area (Å²) in [5, 5.41) is 2.00. The van der Waals surface area contributed by atoms with E-state index >= 15 is 0 Å². The van der Waals surface area contributed by atoms with E-state index in [1.807, 2.05) is 0 Å². The summed E-state index contributed by atoms with van der Waals surface area (Å²) in [6.07, 6.45) is 0. The summed E-state index contributed by atoms with van der Waals surface area (Å²) in [5.41, 5.74) is 1.56. The lowest BCUT2D eigenvalue weighted by molar-refractivity contribution is 0.415. The minimum Gasteiger partial charge on any atom is -0.497 e. The van der Waals surface area contributed by atoms with Gasteiger partial charge in [-0.1, -0.05) is 69.6 Å². The van der Waals surface area contributed by atoms with Gasteiger partial charge in [-0.05, 0) is 52.8 Å². The van der Waals surface area contributed by atoms with Crippen molar-refractivity contribution in [1.29, 1.82) is 0 Å². The van der Waals surface area contributed by atoms with Crippen LogP contribution in [0.4, 0.5) is 0 Å². The average Bonchev–Trinajstić information content (AvgIpc) is 2.71. The molecule has 0 spiro atoms. The van der Waals surface area contributed by atoms with Crippen molar-refractivity contribution in [2.75, 3.05) is 21.3 Å². The Hall–Kier alpha value is -1.14. The second-order valence-corrected chi connectivity index (χ2v) is 8.89. The summed E-state index contributed by atoms with van der Waals surface area (Å²) in [6, 6.07) is 9.87. The van der Waals surface area contributed by atoms with E-state index in [1.165, 1.54) is 21.3 Å². The van der Waals surface area contributed by atoms with E-state index in [0.717, 1.165) is 0 Å². The highest BCUT2D eigenvalue weighted by atomic mass is 35.5. The molecule has 0 saturated heterocycles. The Morgan fingerprint density at radius 2 is 0.645 bits per heavy atom. The predicted molar refractivity (Wildman–Crippen MR) is 134 cm³/mol. The van der Waals surface area contributed by atoms with Crippen molar-refractivity contribution in [3.05, 3.63) is 66.5 Å². The Kier molecular flexibility index (Phi) is 8.07. The van der Waals surface area contributed by atoms with Gasteiger partial charge in [-0.2, -0.15) is 0 Å². The number of hydrogen-bond acceptors (Lipinski definition) is 3. The molecule has 0 aliphatic heterocycles. The molecule has 0 amide bonds. The van der Waals surface area contributed by atoms with Gasteiger partial charge >= 0.3 is 0 Å². The lowest BCUT2D eigenvalue weighted by atomic mass is 9.36. The van der Waals surface area contributed by atoms with Crippen LogP contribution < -0.4 is 30.6 Å². The summed E-state index contributed by atoms with van der Waals surface area (Å²) in [7, 11) is 4.56. The highest BCUT2D eigenvalue weighted by Crippen LogP contribution is 2.30. The molecule has 3 aromatic rings. The van der Waals surface area contributed by atoms with E-state index in [9.17, 15) is 0 Å². The zero-order valence-corrected chi connectivity index (χ0v) is 21.1. The molecule has 0 heterocycles. The third-order valence-electron chi connectivity index (χ3n) is 4.73. The second-order valence-electron chi connectivity index (χ2n) is 6.45. The van der Waals surface area contributed by atoms with Gasteiger partial charge in [0.2, 0.25) is 0 Å². The Morgan fingerprint density at radius 1 is 0.452 bits per heavy atom. The van der Waals surface area contributed by atoms with Crippen LogP contribution in [0, 0.1) is 0 Å². The summed E-state index contributed by atoms with van der Waals surface area (Å²) in [5.74, 6) is 1.49. The van der Waals surface area contributed by atoms with Gasteiger partial charge in [0.25, 0.3) is 6.71 Å². The summed E-state index contributed by atoms with van der Waals surface area (Å²) >= 11 is 39.9. The van der Waals surface area contributed by atoms with E-state index in [4.69, 9.17) is 83.8 Å². The number of halogens is 6. The van der Waals surface area contributed by atoms with Gasteiger partial charge in [0, 0.05) is 30.1 Å². The Morgan fingerprint density at radius 3 is 0.806 bits per heavy atom. The van der Waals surface area contributed by atoms with Crippen molar-refractivity contribution in [3.8, 4) is 17.2 Å². The molecule has 10 heteroatoms. The minimum absolute atomic E-state index is 0.334. The van der Waals surface area contributed by atoms with Crippen molar-refractivity contribution in [2.24, 2.45) is 0 Å². The predicted octanol–water partition coefficient (Wildman–Crippen LogP) is 6.15. The zero-order valence-electron chi connectivity index (χ0n) is 16.5. The number of benzene rings is 3. The van der Waals surface area contributed by atoms with Crippen molar-refractivity contribution < 1.29 is 14.2 Å². The van der Waals surface area contributed by atoms with E-state index in [1.54, 1.807) is 36.4 Å². The highest BCUT2D eigenvalue weighted by molar-refractivity contribution is 7.01. The van der Waals surface area contributed by atoms with Gasteiger partial charge in [-0.3, -0.25) is 0 Å². The van der Waals surface area contributed by atoms with Gasteiger partial charge in [0.05, 0.1) is 21.3 Å². The van der Waals surface area contributed by atoms with Crippen LogP contribution in [0.25, 0.3) is 0 Å². The molecule has 0 fully saturated rings. The summed E-state index contributed by atoms with van der Waals surface area (Å²) in [6.45, 7) is -0.692. The molecule has 3 aromatic carbocycles. The number of rotatable bonds is 6. The summed E-state index contributed by atoms with van der Waals surface area (Å²) < 4.78 is 15.8. The molecule has 0 aliphatic rings. The molecule has 0 bridgehead atoms. The lowest BCUT2D eigenvalue weighted by Crippen LogP contribution is -2.54. The number of methoxy groups -OCH3 is 3. The fraction of sp³-hybridized carbons (Fsp3) is 0.143. The molecule has 0 aromatic heterocycles. The largest absolute Gasteiger partial charge is 0.497 e. The third kappa shape index (κ3) is 4.95. The molecule has 0 radical (unpaired) electrons. The molecule has 0 atom stereocenters. The van der Waals surface area contributed by atoms with Crippen LogP contribution in [-0.4, -0.2) is 28.0 Å². The molecule has 162 valence electrons. The first-order chi connectivity index (χ1) is 14.7. The molecule has 3 rings (SSSR count). The maximum atomic E-state index is 6.65. The van der Waals surface area contributed by atoms with Crippen LogP contribution >= 0.6 is 69.6 Å². The Labute approximate surface area is 211 Å².